The van der Waals surface area contributed by atoms with E-state index >= 15 is 0 Å². The van der Waals surface area contributed by atoms with Crippen molar-refractivity contribution in [3.8, 4) is 0 Å². The van der Waals surface area contributed by atoms with Crippen molar-refractivity contribution in [2.45, 2.75) is 27.2 Å². The molecule has 0 atom stereocenters. The molecule has 0 saturated carbocycles. The van der Waals surface area contributed by atoms with E-state index in [0.29, 0.717) is 17.7 Å². The largest absolute Gasteiger partial charge is 0.352 e. The molecule has 0 unspecified atom stereocenters. The summed E-state index contributed by atoms with van der Waals surface area (Å²) < 4.78 is 0. The first-order chi connectivity index (χ1) is 11.0. The van der Waals surface area contributed by atoms with E-state index in [-0.39, 0.29) is 11.8 Å². The molecule has 0 radical (unpaired) electrons. The Morgan fingerprint density at radius 1 is 0.957 bits per heavy atom. The first kappa shape index (κ1) is 16.7. The standard InChI is InChI=1S/C18H21N3O2/c1-4-5-20-17(22)14-9-15(11-19-10-14)18(23)21-16-7-12(2)6-13(3)8-16/h6-11H,4-5H2,1-3H3,(H,20,22)(H,21,23). The maximum atomic E-state index is 12.3. The second kappa shape index (κ2) is 7.54. The zero-order valence-corrected chi connectivity index (χ0v) is 13.6. The summed E-state index contributed by atoms with van der Waals surface area (Å²) in [6.07, 6.45) is 3.76. The second-order valence-corrected chi connectivity index (χ2v) is 5.55. The fraction of sp³-hybridized carbons (Fsp3) is 0.278. The maximum absolute atomic E-state index is 12.3. The molecular weight excluding hydrogens is 290 g/mol. The number of hydrogen-bond donors (Lipinski definition) is 2. The van der Waals surface area contributed by atoms with Gasteiger partial charge in [-0.1, -0.05) is 13.0 Å². The zero-order valence-electron chi connectivity index (χ0n) is 13.6. The Hall–Kier alpha value is -2.69. The number of hydrogen-bond acceptors (Lipinski definition) is 3. The van der Waals surface area contributed by atoms with Gasteiger partial charge in [-0.3, -0.25) is 14.6 Å². The van der Waals surface area contributed by atoms with Gasteiger partial charge in [0.1, 0.15) is 0 Å². The van der Waals surface area contributed by atoms with Crippen LogP contribution in [0.3, 0.4) is 0 Å². The molecule has 5 nitrogen and oxygen atoms in total. The van der Waals surface area contributed by atoms with Crippen molar-refractivity contribution in [3.05, 3.63) is 58.9 Å². The molecule has 1 aromatic carbocycles. The lowest BCUT2D eigenvalue weighted by Gasteiger charge is -2.08. The molecule has 0 saturated heterocycles. The lowest BCUT2D eigenvalue weighted by molar-refractivity contribution is 0.0953. The Labute approximate surface area is 136 Å². The van der Waals surface area contributed by atoms with Crippen LogP contribution in [0, 0.1) is 13.8 Å². The summed E-state index contributed by atoms with van der Waals surface area (Å²) in [6, 6.07) is 7.39. The van der Waals surface area contributed by atoms with Gasteiger partial charge in [-0.25, -0.2) is 0 Å². The van der Waals surface area contributed by atoms with Crippen LogP contribution in [0.5, 0.6) is 0 Å². The van der Waals surface area contributed by atoms with E-state index in [2.05, 4.69) is 15.6 Å². The van der Waals surface area contributed by atoms with Gasteiger partial charge < -0.3 is 10.6 Å². The third-order valence-electron chi connectivity index (χ3n) is 3.28. The monoisotopic (exact) mass is 311 g/mol. The Kier molecular flexibility index (Phi) is 5.46. The SMILES string of the molecule is CCCNC(=O)c1cncc(C(=O)Nc2cc(C)cc(C)c2)c1. The van der Waals surface area contributed by atoms with Crippen molar-refractivity contribution >= 4 is 17.5 Å². The van der Waals surface area contributed by atoms with Crippen LogP contribution in [0.4, 0.5) is 5.69 Å². The highest BCUT2D eigenvalue weighted by atomic mass is 16.2. The number of pyridine rings is 1. The van der Waals surface area contributed by atoms with Gasteiger partial charge in [0.2, 0.25) is 0 Å². The average Bonchev–Trinajstić information content (AvgIpc) is 2.51. The predicted molar refractivity (Wildman–Crippen MR) is 90.7 cm³/mol. The number of aryl methyl sites for hydroxylation is 2. The molecule has 0 aliphatic heterocycles. The van der Waals surface area contributed by atoms with Crippen LogP contribution in [0.1, 0.15) is 45.2 Å². The highest BCUT2D eigenvalue weighted by Crippen LogP contribution is 2.15. The van der Waals surface area contributed by atoms with Crippen LogP contribution in [0.15, 0.2) is 36.7 Å². The lowest BCUT2D eigenvalue weighted by Crippen LogP contribution is -2.24. The number of anilines is 1. The molecule has 120 valence electrons. The fourth-order valence-corrected chi connectivity index (χ4v) is 2.28. The predicted octanol–water partition coefficient (Wildman–Crippen LogP) is 3.09. The number of benzene rings is 1. The summed E-state index contributed by atoms with van der Waals surface area (Å²) in [5.41, 5.74) is 3.62. The Bertz CT molecular complexity index is 706. The van der Waals surface area contributed by atoms with Gasteiger partial charge in [0.05, 0.1) is 11.1 Å². The molecule has 2 amide bonds. The number of carbonyl (C=O) groups is 2. The molecular formula is C18H21N3O2. The average molecular weight is 311 g/mol. The quantitative estimate of drug-likeness (QED) is 0.891. The van der Waals surface area contributed by atoms with Crippen LogP contribution in [0.25, 0.3) is 0 Å². The van der Waals surface area contributed by atoms with Crippen LogP contribution >= 0.6 is 0 Å². The molecule has 0 fully saturated rings. The first-order valence-corrected chi connectivity index (χ1v) is 7.62. The Balaban J connectivity index is 2.14. The van der Waals surface area contributed by atoms with E-state index in [1.165, 1.54) is 12.4 Å². The number of amides is 2. The molecule has 0 spiro atoms. The topological polar surface area (TPSA) is 71.1 Å². The van der Waals surface area contributed by atoms with Gasteiger partial charge >= 0.3 is 0 Å². The van der Waals surface area contributed by atoms with E-state index in [4.69, 9.17) is 0 Å². The number of nitrogens with one attached hydrogen (secondary N) is 2. The smallest absolute Gasteiger partial charge is 0.257 e. The van der Waals surface area contributed by atoms with Gasteiger partial charge in [0.15, 0.2) is 0 Å². The normalized spacial score (nSPS) is 10.2. The molecule has 2 aromatic rings. The van der Waals surface area contributed by atoms with Crippen LogP contribution < -0.4 is 10.6 Å². The zero-order chi connectivity index (χ0) is 16.8. The van der Waals surface area contributed by atoms with Gasteiger partial charge in [0.25, 0.3) is 11.8 Å². The first-order valence-electron chi connectivity index (χ1n) is 7.62. The summed E-state index contributed by atoms with van der Waals surface area (Å²) in [5, 5.41) is 5.61. The van der Waals surface area contributed by atoms with Crippen molar-refractivity contribution in [1.29, 1.82) is 0 Å². The summed E-state index contributed by atoms with van der Waals surface area (Å²) in [6.45, 7) is 6.52. The minimum atomic E-state index is -0.285. The minimum Gasteiger partial charge on any atom is -0.352 e. The molecule has 1 heterocycles. The Morgan fingerprint density at radius 2 is 1.57 bits per heavy atom. The molecule has 5 heteroatoms. The van der Waals surface area contributed by atoms with Crippen molar-refractivity contribution in [2.24, 2.45) is 0 Å². The number of nitrogens with zero attached hydrogens (tertiary/aromatic N) is 1. The third-order valence-corrected chi connectivity index (χ3v) is 3.28. The summed E-state index contributed by atoms with van der Waals surface area (Å²) in [4.78, 5) is 28.3. The highest BCUT2D eigenvalue weighted by Gasteiger charge is 2.11. The van der Waals surface area contributed by atoms with E-state index in [1.54, 1.807) is 6.07 Å². The molecule has 0 aliphatic carbocycles. The van der Waals surface area contributed by atoms with Crippen molar-refractivity contribution in [3.63, 3.8) is 0 Å². The van der Waals surface area contributed by atoms with Crippen molar-refractivity contribution < 1.29 is 9.59 Å². The Morgan fingerprint density at radius 3 is 2.17 bits per heavy atom. The highest BCUT2D eigenvalue weighted by molar-refractivity contribution is 6.05. The van der Waals surface area contributed by atoms with Crippen LogP contribution in [-0.4, -0.2) is 23.3 Å². The molecule has 1 aromatic heterocycles. The van der Waals surface area contributed by atoms with E-state index in [0.717, 1.165) is 23.2 Å². The van der Waals surface area contributed by atoms with Gasteiger partial charge in [-0.2, -0.15) is 0 Å². The number of aromatic nitrogens is 1. The van der Waals surface area contributed by atoms with Gasteiger partial charge in [-0.05, 0) is 49.6 Å². The summed E-state index contributed by atoms with van der Waals surface area (Å²) >= 11 is 0. The molecule has 0 bridgehead atoms. The van der Waals surface area contributed by atoms with Crippen molar-refractivity contribution in [1.82, 2.24) is 10.3 Å². The lowest BCUT2D eigenvalue weighted by atomic mass is 10.1. The van der Waals surface area contributed by atoms with Gasteiger partial charge in [-0.15, -0.1) is 0 Å². The summed E-state index contributed by atoms with van der Waals surface area (Å²) in [7, 11) is 0. The van der Waals surface area contributed by atoms with Crippen LogP contribution in [0.2, 0.25) is 0 Å². The number of carbonyl (C=O) groups excluding carboxylic acids is 2. The van der Waals surface area contributed by atoms with Crippen LogP contribution in [-0.2, 0) is 0 Å². The molecule has 0 aliphatic rings. The van der Waals surface area contributed by atoms with E-state index in [9.17, 15) is 9.59 Å². The maximum Gasteiger partial charge on any atom is 0.257 e. The van der Waals surface area contributed by atoms with Crippen molar-refractivity contribution in [2.75, 3.05) is 11.9 Å². The molecule has 23 heavy (non-hydrogen) atoms. The second-order valence-electron chi connectivity index (χ2n) is 5.55. The van der Waals surface area contributed by atoms with E-state index in [1.807, 2.05) is 39.0 Å². The van der Waals surface area contributed by atoms with E-state index < -0.39 is 0 Å². The molecule has 2 rings (SSSR count). The summed E-state index contributed by atoms with van der Waals surface area (Å²) in [5.74, 6) is -0.506. The minimum absolute atomic E-state index is 0.222. The molecule has 2 N–H and O–H groups in total. The number of rotatable bonds is 5. The fourth-order valence-electron chi connectivity index (χ4n) is 2.28. The van der Waals surface area contributed by atoms with Gasteiger partial charge in [0, 0.05) is 24.6 Å². The third kappa shape index (κ3) is 4.64.